The molecule has 98 valence electrons. The van der Waals surface area contributed by atoms with Gasteiger partial charge in [0, 0.05) is 33.1 Å². The zero-order valence-electron chi connectivity index (χ0n) is 10.4. The lowest BCUT2D eigenvalue weighted by atomic mass is 10.1. The second-order valence-electron chi connectivity index (χ2n) is 4.48. The van der Waals surface area contributed by atoms with Gasteiger partial charge in [-0.3, -0.25) is 14.3 Å². The summed E-state index contributed by atoms with van der Waals surface area (Å²) in [6, 6.07) is 0. The molecule has 0 aliphatic carbocycles. The van der Waals surface area contributed by atoms with E-state index < -0.39 is 0 Å². The molecule has 1 N–H and O–H groups in total. The summed E-state index contributed by atoms with van der Waals surface area (Å²) in [7, 11) is 1.72. The lowest BCUT2D eigenvalue weighted by molar-refractivity contribution is -0.128. The van der Waals surface area contributed by atoms with Gasteiger partial charge < -0.3 is 10.2 Å². The first kappa shape index (κ1) is 12.5. The lowest BCUT2D eigenvalue weighted by Gasteiger charge is -2.10. The van der Waals surface area contributed by atoms with Crippen molar-refractivity contribution in [2.45, 2.75) is 19.4 Å². The highest BCUT2D eigenvalue weighted by Crippen LogP contribution is 2.15. The summed E-state index contributed by atoms with van der Waals surface area (Å²) in [6.07, 6.45) is 4.25. The number of hydrogen-bond donors (Lipinski definition) is 1. The maximum absolute atomic E-state index is 11.8. The van der Waals surface area contributed by atoms with Crippen molar-refractivity contribution in [1.29, 1.82) is 0 Å². The Morgan fingerprint density at radius 1 is 1.61 bits per heavy atom. The first-order valence-corrected chi connectivity index (χ1v) is 6.01. The van der Waals surface area contributed by atoms with Crippen molar-refractivity contribution in [3.63, 3.8) is 0 Å². The fourth-order valence-corrected chi connectivity index (χ4v) is 1.98. The van der Waals surface area contributed by atoms with Crippen LogP contribution in [0.25, 0.3) is 0 Å². The van der Waals surface area contributed by atoms with Crippen molar-refractivity contribution in [2.24, 2.45) is 5.92 Å². The summed E-state index contributed by atoms with van der Waals surface area (Å²) in [6.45, 7) is 1.84. The summed E-state index contributed by atoms with van der Waals surface area (Å²) in [4.78, 5) is 28.5. The highest BCUT2D eigenvalue weighted by Gasteiger charge is 2.31. The summed E-state index contributed by atoms with van der Waals surface area (Å²) in [5, 5.41) is 6.82. The minimum Gasteiger partial charge on any atom is -0.356 e. The molecule has 1 atom stereocenters. The second kappa shape index (κ2) is 5.61. The van der Waals surface area contributed by atoms with E-state index in [0.29, 0.717) is 19.5 Å². The molecule has 18 heavy (non-hydrogen) atoms. The van der Waals surface area contributed by atoms with Gasteiger partial charge in [-0.05, 0) is 6.42 Å². The van der Waals surface area contributed by atoms with Crippen molar-refractivity contribution in [1.82, 2.24) is 25.0 Å². The standard InChI is InChI=1S/C11H17N5O2/c1-15-6-9(5-10(15)17)11(18)13-3-2-4-16-8-12-7-14-16/h7-9H,2-6H2,1H3,(H,13,18)/t9-/m1/s1. The maximum atomic E-state index is 11.8. The van der Waals surface area contributed by atoms with Crippen molar-refractivity contribution in [3.05, 3.63) is 12.7 Å². The molecule has 0 bridgehead atoms. The number of rotatable bonds is 5. The molecule has 0 radical (unpaired) electrons. The molecule has 1 aliphatic rings. The number of amides is 2. The predicted octanol–water partition coefficient (Wildman–Crippen LogP) is -0.737. The summed E-state index contributed by atoms with van der Waals surface area (Å²) >= 11 is 0. The smallest absolute Gasteiger partial charge is 0.225 e. The second-order valence-corrected chi connectivity index (χ2v) is 4.48. The number of aryl methyl sites for hydroxylation is 1. The van der Waals surface area contributed by atoms with E-state index in [1.54, 1.807) is 23.0 Å². The predicted molar refractivity (Wildman–Crippen MR) is 63.4 cm³/mol. The van der Waals surface area contributed by atoms with Gasteiger partial charge in [0.25, 0.3) is 0 Å². The van der Waals surface area contributed by atoms with Crippen molar-refractivity contribution >= 4 is 11.8 Å². The molecule has 1 fully saturated rings. The molecule has 7 heteroatoms. The Labute approximate surface area is 105 Å². The number of carbonyl (C=O) groups excluding carboxylic acids is 2. The fourth-order valence-electron chi connectivity index (χ4n) is 1.98. The molecule has 1 saturated heterocycles. The third-order valence-electron chi connectivity index (χ3n) is 3.04. The van der Waals surface area contributed by atoms with Crippen LogP contribution in [-0.2, 0) is 16.1 Å². The molecular formula is C11H17N5O2. The van der Waals surface area contributed by atoms with E-state index in [9.17, 15) is 9.59 Å². The van der Waals surface area contributed by atoms with Gasteiger partial charge >= 0.3 is 0 Å². The molecule has 1 aromatic heterocycles. The Morgan fingerprint density at radius 3 is 3.06 bits per heavy atom. The molecule has 0 spiro atoms. The van der Waals surface area contributed by atoms with Gasteiger partial charge in [0.05, 0.1) is 5.92 Å². The van der Waals surface area contributed by atoms with Crippen LogP contribution in [0.15, 0.2) is 12.7 Å². The van der Waals surface area contributed by atoms with Crippen molar-refractivity contribution in [3.8, 4) is 0 Å². The number of hydrogen-bond acceptors (Lipinski definition) is 4. The highest BCUT2D eigenvalue weighted by molar-refractivity contribution is 5.89. The Hall–Kier alpha value is -1.92. The summed E-state index contributed by atoms with van der Waals surface area (Å²) in [5.74, 6) is -0.196. The normalized spacial score (nSPS) is 19.3. The molecule has 0 aromatic carbocycles. The van der Waals surface area contributed by atoms with Crippen LogP contribution in [0.2, 0.25) is 0 Å². The fraction of sp³-hybridized carbons (Fsp3) is 0.636. The Bertz CT molecular complexity index is 417. The van der Waals surface area contributed by atoms with E-state index in [2.05, 4.69) is 15.4 Å². The minimum absolute atomic E-state index is 0.0358. The number of likely N-dealkylation sites (tertiary alicyclic amines) is 1. The van der Waals surface area contributed by atoms with Gasteiger partial charge in [0.2, 0.25) is 11.8 Å². The molecule has 1 aliphatic heterocycles. The number of carbonyl (C=O) groups is 2. The Morgan fingerprint density at radius 2 is 2.44 bits per heavy atom. The van der Waals surface area contributed by atoms with E-state index >= 15 is 0 Å². The summed E-state index contributed by atoms with van der Waals surface area (Å²) < 4.78 is 1.72. The van der Waals surface area contributed by atoms with Crippen LogP contribution in [0, 0.1) is 5.92 Å². The van der Waals surface area contributed by atoms with Crippen LogP contribution in [0.5, 0.6) is 0 Å². The topological polar surface area (TPSA) is 80.1 Å². The quantitative estimate of drug-likeness (QED) is 0.699. The first-order chi connectivity index (χ1) is 8.66. The van der Waals surface area contributed by atoms with Gasteiger partial charge in [0.1, 0.15) is 12.7 Å². The zero-order chi connectivity index (χ0) is 13.0. The molecule has 2 rings (SSSR count). The average Bonchev–Trinajstić information content (AvgIpc) is 2.96. The molecule has 7 nitrogen and oxygen atoms in total. The minimum atomic E-state index is -0.200. The van der Waals surface area contributed by atoms with Crippen LogP contribution in [0.4, 0.5) is 0 Å². The van der Waals surface area contributed by atoms with Crippen LogP contribution in [0.3, 0.4) is 0 Å². The van der Waals surface area contributed by atoms with E-state index in [-0.39, 0.29) is 17.7 Å². The van der Waals surface area contributed by atoms with Crippen LogP contribution in [-0.4, -0.2) is 51.6 Å². The summed E-state index contributed by atoms with van der Waals surface area (Å²) in [5.41, 5.74) is 0. The molecule has 0 saturated carbocycles. The highest BCUT2D eigenvalue weighted by atomic mass is 16.2. The maximum Gasteiger partial charge on any atom is 0.225 e. The molecular weight excluding hydrogens is 234 g/mol. The molecule has 0 unspecified atom stereocenters. The monoisotopic (exact) mass is 251 g/mol. The van der Waals surface area contributed by atoms with Gasteiger partial charge in [-0.15, -0.1) is 0 Å². The lowest BCUT2D eigenvalue weighted by Crippen LogP contribution is -2.33. The molecule has 2 heterocycles. The average molecular weight is 251 g/mol. The Balaban J connectivity index is 1.65. The van der Waals surface area contributed by atoms with Gasteiger partial charge in [-0.25, -0.2) is 4.98 Å². The van der Waals surface area contributed by atoms with E-state index in [1.807, 2.05) is 0 Å². The van der Waals surface area contributed by atoms with E-state index in [0.717, 1.165) is 13.0 Å². The molecule has 1 aromatic rings. The van der Waals surface area contributed by atoms with E-state index in [4.69, 9.17) is 0 Å². The van der Waals surface area contributed by atoms with Crippen LogP contribution < -0.4 is 5.32 Å². The third kappa shape index (κ3) is 3.06. The Kier molecular flexibility index (Phi) is 3.91. The van der Waals surface area contributed by atoms with Gasteiger partial charge in [0.15, 0.2) is 0 Å². The van der Waals surface area contributed by atoms with Gasteiger partial charge in [-0.2, -0.15) is 5.10 Å². The number of nitrogens with zero attached hydrogens (tertiary/aromatic N) is 4. The van der Waals surface area contributed by atoms with E-state index in [1.165, 1.54) is 6.33 Å². The van der Waals surface area contributed by atoms with Gasteiger partial charge in [-0.1, -0.05) is 0 Å². The van der Waals surface area contributed by atoms with Crippen LogP contribution >= 0.6 is 0 Å². The first-order valence-electron chi connectivity index (χ1n) is 6.01. The SMILES string of the molecule is CN1C[C@H](C(=O)NCCCn2cncn2)CC1=O. The van der Waals surface area contributed by atoms with Crippen LogP contribution in [0.1, 0.15) is 12.8 Å². The molecule has 2 amide bonds. The third-order valence-corrected chi connectivity index (χ3v) is 3.04. The van der Waals surface area contributed by atoms with Crippen molar-refractivity contribution in [2.75, 3.05) is 20.1 Å². The largest absolute Gasteiger partial charge is 0.356 e. The number of nitrogens with one attached hydrogen (secondary N) is 1. The zero-order valence-corrected chi connectivity index (χ0v) is 10.4. The number of aromatic nitrogens is 3. The van der Waals surface area contributed by atoms with Crippen molar-refractivity contribution < 1.29 is 9.59 Å².